The Kier molecular flexibility index (Phi) is 4.19. The summed E-state index contributed by atoms with van der Waals surface area (Å²) < 4.78 is 13.7. The van der Waals surface area contributed by atoms with Gasteiger partial charge in [-0.1, -0.05) is 18.2 Å². The van der Waals surface area contributed by atoms with E-state index >= 15 is 0 Å². The summed E-state index contributed by atoms with van der Waals surface area (Å²) in [4.78, 5) is 12.3. The molecule has 19 heavy (non-hydrogen) atoms. The quantitative estimate of drug-likeness (QED) is 0.786. The molecule has 0 aliphatic carbocycles. The summed E-state index contributed by atoms with van der Waals surface area (Å²) in [6, 6.07) is 10.0. The Labute approximate surface area is 125 Å². The lowest BCUT2D eigenvalue weighted by Crippen LogP contribution is -2.15. The molecule has 0 fully saturated rings. The van der Waals surface area contributed by atoms with Crippen LogP contribution in [0.15, 0.2) is 36.4 Å². The zero-order chi connectivity index (χ0) is 14.0. The maximum atomic E-state index is 13.0. The van der Waals surface area contributed by atoms with Crippen molar-refractivity contribution in [3.63, 3.8) is 0 Å². The number of nitrogens with one attached hydrogen (secondary N) is 1. The van der Waals surface area contributed by atoms with Crippen molar-refractivity contribution in [1.29, 1.82) is 0 Å². The highest BCUT2D eigenvalue weighted by molar-refractivity contribution is 14.1. The van der Waals surface area contributed by atoms with E-state index in [2.05, 4.69) is 5.32 Å². The van der Waals surface area contributed by atoms with Crippen molar-refractivity contribution in [3.8, 4) is 0 Å². The molecule has 2 aromatic carbocycles. The van der Waals surface area contributed by atoms with E-state index in [-0.39, 0.29) is 11.7 Å². The molecule has 0 saturated heterocycles. The average Bonchev–Trinajstić information content (AvgIpc) is 2.32. The predicted octanol–water partition coefficient (Wildman–Crippen LogP) is 4.30. The van der Waals surface area contributed by atoms with E-state index in [1.165, 1.54) is 12.1 Å². The van der Waals surface area contributed by atoms with Crippen molar-refractivity contribution in [2.75, 3.05) is 5.32 Å². The standard InChI is InChI=1S/C15H13FINO/c1-9-4-3-5-10(2)14(9)15(19)18-13-7-6-11(16)8-12(13)17/h3-8H,1-2H3,(H,18,19). The molecule has 0 aliphatic rings. The zero-order valence-corrected chi connectivity index (χ0v) is 12.8. The summed E-state index contributed by atoms with van der Waals surface area (Å²) in [5.41, 5.74) is 3.14. The minimum absolute atomic E-state index is 0.167. The molecule has 0 heterocycles. The van der Waals surface area contributed by atoms with Gasteiger partial charge in [-0.2, -0.15) is 0 Å². The van der Waals surface area contributed by atoms with E-state index in [1.54, 1.807) is 6.07 Å². The van der Waals surface area contributed by atoms with Crippen molar-refractivity contribution in [3.05, 3.63) is 62.5 Å². The molecule has 0 spiro atoms. The highest BCUT2D eigenvalue weighted by Crippen LogP contribution is 2.21. The molecule has 0 saturated carbocycles. The predicted molar refractivity (Wildman–Crippen MR) is 83.0 cm³/mol. The molecular weight excluding hydrogens is 356 g/mol. The Balaban J connectivity index is 2.31. The summed E-state index contributed by atoms with van der Waals surface area (Å²) in [7, 11) is 0. The van der Waals surface area contributed by atoms with Gasteiger partial charge >= 0.3 is 0 Å². The lowest BCUT2D eigenvalue weighted by Gasteiger charge is -2.11. The first kappa shape index (κ1) is 14.0. The fourth-order valence-electron chi connectivity index (χ4n) is 1.95. The normalized spacial score (nSPS) is 10.3. The fraction of sp³-hybridized carbons (Fsp3) is 0.133. The minimum atomic E-state index is -0.311. The Bertz CT molecular complexity index is 620. The number of aryl methyl sites for hydroxylation is 2. The summed E-state index contributed by atoms with van der Waals surface area (Å²) in [5.74, 6) is -0.477. The van der Waals surface area contributed by atoms with Crippen LogP contribution in [-0.2, 0) is 0 Å². The van der Waals surface area contributed by atoms with E-state index in [9.17, 15) is 9.18 Å². The molecule has 0 aromatic heterocycles. The van der Waals surface area contributed by atoms with E-state index in [0.717, 1.165) is 11.1 Å². The third-order valence-electron chi connectivity index (χ3n) is 2.89. The number of hydrogen-bond acceptors (Lipinski definition) is 1. The molecule has 0 aliphatic heterocycles. The lowest BCUT2D eigenvalue weighted by atomic mass is 10.0. The van der Waals surface area contributed by atoms with E-state index < -0.39 is 0 Å². The van der Waals surface area contributed by atoms with Crippen molar-refractivity contribution in [1.82, 2.24) is 0 Å². The molecule has 1 N–H and O–H groups in total. The Hall–Kier alpha value is -1.43. The smallest absolute Gasteiger partial charge is 0.256 e. The van der Waals surface area contributed by atoms with Crippen LogP contribution in [0.4, 0.5) is 10.1 Å². The number of halogens is 2. The minimum Gasteiger partial charge on any atom is -0.321 e. The van der Waals surface area contributed by atoms with Crippen LogP contribution in [0, 0.1) is 23.2 Å². The average molecular weight is 369 g/mol. The zero-order valence-electron chi connectivity index (χ0n) is 10.6. The lowest BCUT2D eigenvalue weighted by molar-refractivity contribution is 0.102. The maximum absolute atomic E-state index is 13.0. The molecule has 1 amide bonds. The van der Waals surface area contributed by atoms with Gasteiger partial charge in [0.2, 0.25) is 0 Å². The SMILES string of the molecule is Cc1cccc(C)c1C(=O)Nc1ccc(F)cc1I. The highest BCUT2D eigenvalue weighted by atomic mass is 127. The third kappa shape index (κ3) is 3.12. The van der Waals surface area contributed by atoms with Crippen molar-refractivity contribution >= 4 is 34.2 Å². The molecule has 2 nitrogen and oxygen atoms in total. The molecule has 0 radical (unpaired) electrons. The molecule has 2 aromatic rings. The second kappa shape index (κ2) is 5.69. The first-order chi connectivity index (χ1) is 8.99. The van der Waals surface area contributed by atoms with Gasteiger partial charge in [0.15, 0.2) is 0 Å². The Morgan fingerprint density at radius 3 is 2.37 bits per heavy atom. The van der Waals surface area contributed by atoms with Crippen LogP contribution >= 0.6 is 22.6 Å². The van der Waals surface area contributed by atoms with Crippen LogP contribution in [0.5, 0.6) is 0 Å². The number of anilines is 1. The van der Waals surface area contributed by atoms with Crippen molar-refractivity contribution < 1.29 is 9.18 Å². The Morgan fingerprint density at radius 1 is 1.16 bits per heavy atom. The number of hydrogen-bond donors (Lipinski definition) is 1. The van der Waals surface area contributed by atoms with Crippen LogP contribution in [0.3, 0.4) is 0 Å². The van der Waals surface area contributed by atoms with Crippen LogP contribution in [0.1, 0.15) is 21.5 Å². The summed E-state index contributed by atoms with van der Waals surface area (Å²) in [6.07, 6.45) is 0. The summed E-state index contributed by atoms with van der Waals surface area (Å²) in [5, 5.41) is 2.82. The molecule has 2 rings (SSSR count). The van der Waals surface area contributed by atoms with Gasteiger partial charge in [0.25, 0.3) is 5.91 Å². The van der Waals surface area contributed by atoms with E-state index in [4.69, 9.17) is 0 Å². The van der Waals surface area contributed by atoms with E-state index in [1.807, 2.05) is 54.6 Å². The first-order valence-electron chi connectivity index (χ1n) is 5.81. The van der Waals surface area contributed by atoms with Crippen molar-refractivity contribution in [2.45, 2.75) is 13.8 Å². The van der Waals surface area contributed by atoms with Crippen LogP contribution < -0.4 is 5.32 Å². The fourth-order valence-corrected chi connectivity index (χ4v) is 2.56. The molecule has 4 heteroatoms. The van der Waals surface area contributed by atoms with Crippen LogP contribution in [-0.4, -0.2) is 5.91 Å². The highest BCUT2D eigenvalue weighted by Gasteiger charge is 2.13. The van der Waals surface area contributed by atoms with Crippen LogP contribution in [0.25, 0.3) is 0 Å². The van der Waals surface area contributed by atoms with Gasteiger partial charge in [0.1, 0.15) is 5.82 Å². The number of benzene rings is 2. The second-order valence-electron chi connectivity index (χ2n) is 4.35. The van der Waals surface area contributed by atoms with Gasteiger partial charge in [-0.3, -0.25) is 4.79 Å². The van der Waals surface area contributed by atoms with Crippen molar-refractivity contribution in [2.24, 2.45) is 0 Å². The monoisotopic (exact) mass is 369 g/mol. The second-order valence-corrected chi connectivity index (χ2v) is 5.51. The van der Waals surface area contributed by atoms with Gasteiger partial charge < -0.3 is 5.32 Å². The summed E-state index contributed by atoms with van der Waals surface area (Å²) >= 11 is 2.00. The first-order valence-corrected chi connectivity index (χ1v) is 6.89. The van der Waals surface area contributed by atoms with Crippen LogP contribution in [0.2, 0.25) is 0 Å². The Morgan fingerprint density at radius 2 is 1.79 bits per heavy atom. The number of amides is 1. The number of carbonyl (C=O) groups is 1. The molecule has 0 bridgehead atoms. The number of carbonyl (C=O) groups excluding carboxylic acids is 1. The largest absolute Gasteiger partial charge is 0.321 e. The third-order valence-corrected chi connectivity index (χ3v) is 3.78. The molecule has 98 valence electrons. The number of rotatable bonds is 2. The molecule has 0 unspecified atom stereocenters. The van der Waals surface area contributed by atoms with Gasteiger partial charge in [-0.05, 0) is 65.8 Å². The summed E-state index contributed by atoms with van der Waals surface area (Å²) in [6.45, 7) is 3.80. The van der Waals surface area contributed by atoms with Gasteiger partial charge in [-0.15, -0.1) is 0 Å². The van der Waals surface area contributed by atoms with E-state index in [0.29, 0.717) is 14.8 Å². The molecular formula is C15H13FINO. The topological polar surface area (TPSA) is 29.1 Å². The van der Waals surface area contributed by atoms with Gasteiger partial charge in [0.05, 0.1) is 5.69 Å². The van der Waals surface area contributed by atoms with Gasteiger partial charge in [0, 0.05) is 9.13 Å². The maximum Gasteiger partial charge on any atom is 0.256 e. The van der Waals surface area contributed by atoms with Gasteiger partial charge in [-0.25, -0.2) is 4.39 Å². The molecule has 0 atom stereocenters.